The van der Waals surface area contributed by atoms with Gasteiger partial charge in [0.25, 0.3) is 0 Å². The molecule has 0 heterocycles. The maximum atomic E-state index is 11.2. The van der Waals surface area contributed by atoms with Gasteiger partial charge in [-0.1, -0.05) is 30.4 Å². The van der Waals surface area contributed by atoms with E-state index in [0.29, 0.717) is 12.3 Å². The summed E-state index contributed by atoms with van der Waals surface area (Å²) in [6, 6.07) is 9.00. The molecule has 80 valence electrons. The van der Waals surface area contributed by atoms with Crippen LogP contribution in [0, 0.1) is 0 Å². The van der Waals surface area contributed by atoms with Crippen LogP contribution in [0.15, 0.2) is 42.5 Å². The van der Waals surface area contributed by atoms with Gasteiger partial charge in [-0.2, -0.15) is 0 Å². The standard InChI is InChI=1S/C12H15NO2/c1-2-3-7-10-13-12(14)15-11-8-5-4-6-9-11/h2-6,8-9H,7,10H2,1H3,(H,13,14)/b3-2+. The number of rotatable bonds is 4. The summed E-state index contributed by atoms with van der Waals surface area (Å²) < 4.78 is 5.02. The Labute approximate surface area is 89.8 Å². The lowest BCUT2D eigenvalue weighted by atomic mass is 10.3. The number of benzene rings is 1. The highest BCUT2D eigenvalue weighted by atomic mass is 16.5. The molecule has 0 unspecified atom stereocenters. The van der Waals surface area contributed by atoms with Crippen LogP contribution in [0.25, 0.3) is 0 Å². The van der Waals surface area contributed by atoms with Gasteiger partial charge in [0.2, 0.25) is 0 Å². The van der Waals surface area contributed by atoms with Crippen LogP contribution in [0.3, 0.4) is 0 Å². The van der Waals surface area contributed by atoms with Crippen molar-refractivity contribution in [1.82, 2.24) is 5.32 Å². The van der Waals surface area contributed by atoms with Crippen molar-refractivity contribution < 1.29 is 9.53 Å². The van der Waals surface area contributed by atoms with Crippen molar-refractivity contribution >= 4 is 6.09 Å². The molecule has 0 aromatic heterocycles. The van der Waals surface area contributed by atoms with Crippen molar-refractivity contribution in [2.45, 2.75) is 13.3 Å². The van der Waals surface area contributed by atoms with Crippen molar-refractivity contribution in [3.8, 4) is 5.75 Å². The van der Waals surface area contributed by atoms with Gasteiger partial charge < -0.3 is 10.1 Å². The molecule has 1 amide bonds. The predicted molar refractivity (Wildman–Crippen MR) is 59.9 cm³/mol. The number of ether oxygens (including phenoxy) is 1. The maximum Gasteiger partial charge on any atom is 0.412 e. The first kappa shape index (κ1) is 11.3. The van der Waals surface area contributed by atoms with Crippen molar-refractivity contribution in [3.63, 3.8) is 0 Å². The monoisotopic (exact) mass is 205 g/mol. The zero-order valence-electron chi connectivity index (χ0n) is 8.77. The van der Waals surface area contributed by atoms with Crippen molar-refractivity contribution in [2.24, 2.45) is 0 Å². The molecule has 0 fully saturated rings. The maximum absolute atomic E-state index is 11.2. The molecule has 0 saturated heterocycles. The van der Waals surface area contributed by atoms with Crippen LogP contribution in [-0.2, 0) is 0 Å². The van der Waals surface area contributed by atoms with E-state index in [1.807, 2.05) is 37.3 Å². The van der Waals surface area contributed by atoms with Crippen LogP contribution in [-0.4, -0.2) is 12.6 Å². The Morgan fingerprint density at radius 2 is 2.13 bits per heavy atom. The number of carbonyl (C=O) groups is 1. The third-order valence-corrected chi connectivity index (χ3v) is 1.77. The van der Waals surface area contributed by atoms with Crippen LogP contribution in [0.4, 0.5) is 4.79 Å². The summed E-state index contributed by atoms with van der Waals surface area (Å²) in [7, 11) is 0. The Hall–Kier alpha value is -1.77. The molecule has 0 aliphatic heterocycles. The molecule has 0 radical (unpaired) electrons. The van der Waals surface area contributed by atoms with Crippen molar-refractivity contribution in [3.05, 3.63) is 42.5 Å². The van der Waals surface area contributed by atoms with E-state index in [4.69, 9.17) is 4.74 Å². The van der Waals surface area contributed by atoms with E-state index in [2.05, 4.69) is 5.32 Å². The summed E-state index contributed by atoms with van der Waals surface area (Å²) in [6.07, 6.45) is 4.35. The molecular weight excluding hydrogens is 190 g/mol. The Bertz CT molecular complexity index is 320. The van der Waals surface area contributed by atoms with Crippen LogP contribution in [0.5, 0.6) is 5.75 Å². The summed E-state index contributed by atoms with van der Waals surface area (Å²) in [5.41, 5.74) is 0. The predicted octanol–water partition coefficient (Wildman–Crippen LogP) is 2.74. The van der Waals surface area contributed by atoms with E-state index in [-0.39, 0.29) is 0 Å². The fourth-order valence-corrected chi connectivity index (χ4v) is 1.06. The number of hydrogen-bond acceptors (Lipinski definition) is 2. The van der Waals surface area contributed by atoms with E-state index in [0.717, 1.165) is 6.42 Å². The van der Waals surface area contributed by atoms with E-state index >= 15 is 0 Å². The van der Waals surface area contributed by atoms with Gasteiger partial charge in [0, 0.05) is 6.54 Å². The third kappa shape index (κ3) is 4.86. The van der Waals surface area contributed by atoms with Gasteiger partial charge >= 0.3 is 6.09 Å². The molecule has 1 aromatic carbocycles. The Kier molecular flexibility index (Phi) is 5.01. The van der Waals surface area contributed by atoms with Gasteiger partial charge in [0.05, 0.1) is 0 Å². The Morgan fingerprint density at radius 3 is 2.80 bits per heavy atom. The smallest absolute Gasteiger partial charge is 0.410 e. The van der Waals surface area contributed by atoms with Crippen LogP contribution in [0.2, 0.25) is 0 Å². The zero-order chi connectivity index (χ0) is 10.9. The summed E-state index contributed by atoms with van der Waals surface area (Å²) in [4.78, 5) is 11.2. The van der Waals surface area contributed by atoms with Gasteiger partial charge in [0.1, 0.15) is 5.75 Å². The Balaban J connectivity index is 2.25. The quantitative estimate of drug-likeness (QED) is 0.606. The van der Waals surface area contributed by atoms with E-state index in [9.17, 15) is 4.79 Å². The molecule has 0 saturated carbocycles. The molecule has 1 rings (SSSR count). The molecular formula is C12H15NO2. The molecule has 3 nitrogen and oxygen atoms in total. The number of para-hydroxylation sites is 1. The van der Waals surface area contributed by atoms with Crippen LogP contribution in [0.1, 0.15) is 13.3 Å². The second kappa shape index (κ2) is 6.65. The number of allylic oxidation sites excluding steroid dienone is 1. The largest absolute Gasteiger partial charge is 0.412 e. The van der Waals surface area contributed by atoms with Crippen molar-refractivity contribution in [2.75, 3.05) is 6.54 Å². The minimum Gasteiger partial charge on any atom is -0.410 e. The summed E-state index contributed by atoms with van der Waals surface area (Å²) >= 11 is 0. The molecule has 0 bridgehead atoms. The first-order valence-electron chi connectivity index (χ1n) is 4.95. The second-order valence-corrected chi connectivity index (χ2v) is 2.99. The molecule has 1 N–H and O–H groups in total. The average molecular weight is 205 g/mol. The zero-order valence-corrected chi connectivity index (χ0v) is 8.77. The Morgan fingerprint density at radius 1 is 1.40 bits per heavy atom. The SMILES string of the molecule is C/C=C/CCNC(=O)Oc1ccccc1. The topological polar surface area (TPSA) is 38.3 Å². The number of carbonyl (C=O) groups excluding carboxylic acids is 1. The number of nitrogens with one attached hydrogen (secondary N) is 1. The first-order valence-corrected chi connectivity index (χ1v) is 4.95. The molecule has 3 heteroatoms. The van der Waals surface area contributed by atoms with Gasteiger partial charge in [-0.15, -0.1) is 0 Å². The third-order valence-electron chi connectivity index (χ3n) is 1.77. The van der Waals surface area contributed by atoms with Gasteiger partial charge in [0.15, 0.2) is 0 Å². The molecule has 0 spiro atoms. The van der Waals surface area contributed by atoms with Gasteiger partial charge in [-0.05, 0) is 25.5 Å². The molecule has 0 aliphatic rings. The summed E-state index contributed by atoms with van der Waals surface area (Å²) in [5, 5.41) is 2.65. The fraction of sp³-hybridized carbons (Fsp3) is 0.250. The average Bonchev–Trinajstić information content (AvgIpc) is 2.26. The number of hydrogen-bond donors (Lipinski definition) is 1. The minimum absolute atomic E-state index is 0.411. The molecule has 15 heavy (non-hydrogen) atoms. The normalized spacial score (nSPS) is 10.2. The van der Waals surface area contributed by atoms with E-state index < -0.39 is 6.09 Å². The van der Waals surface area contributed by atoms with E-state index in [1.165, 1.54) is 0 Å². The molecule has 0 aliphatic carbocycles. The molecule has 0 atom stereocenters. The number of amides is 1. The highest BCUT2D eigenvalue weighted by molar-refractivity contribution is 5.70. The van der Waals surface area contributed by atoms with Gasteiger partial charge in [-0.3, -0.25) is 0 Å². The van der Waals surface area contributed by atoms with Crippen LogP contribution < -0.4 is 10.1 Å². The lowest BCUT2D eigenvalue weighted by Gasteiger charge is -2.04. The fourth-order valence-electron chi connectivity index (χ4n) is 1.06. The summed E-state index contributed by atoms with van der Waals surface area (Å²) in [6.45, 7) is 2.54. The lowest BCUT2D eigenvalue weighted by molar-refractivity contribution is 0.200. The van der Waals surface area contributed by atoms with Crippen LogP contribution >= 0.6 is 0 Å². The van der Waals surface area contributed by atoms with Gasteiger partial charge in [-0.25, -0.2) is 4.79 Å². The highest BCUT2D eigenvalue weighted by Gasteiger charge is 2.00. The summed E-state index contributed by atoms with van der Waals surface area (Å²) in [5.74, 6) is 0.557. The van der Waals surface area contributed by atoms with E-state index in [1.54, 1.807) is 12.1 Å². The van der Waals surface area contributed by atoms with Crippen molar-refractivity contribution in [1.29, 1.82) is 0 Å². The molecule has 1 aromatic rings. The second-order valence-electron chi connectivity index (χ2n) is 2.99. The first-order chi connectivity index (χ1) is 7.33. The highest BCUT2D eigenvalue weighted by Crippen LogP contribution is 2.07. The minimum atomic E-state index is -0.411. The lowest BCUT2D eigenvalue weighted by Crippen LogP contribution is -2.27.